The molecular formula is C56H56N8O6. The Kier molecular flexibility index (Phi) is 9.78. The van der Waals surface area contributed by atoms with Crippen LogP contribution in [0.25, 0.3) is 0 Å². The number of nitrogens with zero attached hydrogens (tertiary/aromatic N) is 4. The summed E-state index contributed by atoms with van der Waals surface area (Å²) in [6.45, 7) is 16.4. The van der Waals surface area contributed by atoms with Gasteiger partial charge in [0.25, 0.3) is 11.8 Å². The molecular weight excluding hydrogens is 881 g/mol. The molecule has 14 heteroatoms. The second kappa shape index (κ2) is 15.8. The highest BCUT2D eigenvalue weighted by Gasteiger charge is 2.51. The maximum Gasteiger partial charge on any atom is 0.251 e. The number of fused-ring (bicyclic) bond motifs is 16. The van der Waals surface area contributed by atoms with Crippen LogP contribution in [0.1, 0.15) is 123 Å². The minimum absolute atomic E-state index is 0.0509. The summed E-state index contributed by atoms with van der Waals surface area (Å²) in [5.41, 5.74) is 31.4. The largest absolute Gasteiger partial charge is 0.384 e. The molecule has 4 aromatic carbocycles. The number of aromatic nitrogens is 2. The van der Waals surface area contributed by atoms with E-state index >= 15 is 0 Å². The number of ether oxygens (including phenoxy) is 4. The van der Waals surface area contributed by atoms with Gasteiger partial charge < -0.3 is 50.8 Å². The Labute approximate surface area is 406 Å². The number of nitrogens with one attached hydrogen (secondary N) is 2. The van der Waals surface area contributed by atoms with Crippen molar-refractivity contribution in [3.8, 4) is 0 Å². The fourth-order valence-corrected chi connectivity index (χ4v) is 12.2. The molecule has 70 heavy (non-hydrogen) atoms. The van der Waals surface area contributed by atoms with Gasteiger partial charge in [0.2, 0.25) is 0 Å². The van der Waals surface area contributed by atoms with E-state index in [0.717, 1.165) is 109 Å². The van der Waals surface area contributed by atoms with Gasteiger partial charge in [0, 0.05) is 73.2 Å². The highest BCUT2D eigenvalue weighted by atomic mass is 16.5. The Morgan fingerprint density at radius 1 is 0.529 bits per heavy atom. The van der Waals surface area contributed by atoms with Crippen molar-refractivity contribution < 1.29 is 28.5 Å². The number of nitrogen functional groups attached to an aromatic ring is 2. The first kappa shape index (κ1) is 43.2. The Balaban J connectivity index is 0.000000137. The van der Waals surface area contributed by atoms with Crippen molar-refractivity contribution in [1.82, 2.24) is 20.6 Å². The van der Waals surface area contributed by atoms with E-state index in [9.17, 15) is 9.59 Å². The van der Waals surface area contributed by atoms with Crippen molar-refractivity contribution in [3.63, 3.8) is 0 Å². The van der Waals surface area contributed by atoms with E-state index in [0.29, 0.717) is 46.7 Å². The minimum atomic E-state index is -0.120. The first-order valence-electron chi connectivity index (χ1n) is 24.3. The molecule has 4 atom stereocenters. The lowest BCUT2D eigenvalue weighted by atomic mass is 9.77. The van der Waals surface area contributed by atoms with Crippen molar-refractivity contribution in [2.45, 2.75) is 65.2 Å². The van der Waals surface area contributed by atoms with E-state index in [-0.39, 0.29) is 36.2 Å². The summed E-state index contributed by atoms with van der Waals surface area (Å²) in [4.78, 5) is 39.5. The average molecular weight is 937 g/mol. The smallest absolute Gasteiger partial charge is 0.251 e. The minimum Gasteiger partial charge on any atom is -0.384 e. The third-order valence-corrected chi connectivity index (χ3v) is 16.1. The molecule has 356 valence electrons. The Morgan fingerprint density at radius 3 is 1.26 bits per heavy atom. The number of anilines is 4. The molecule has 0 aliphatic carbocycles. The predicted molar refractivity (Wildman–Crippen MR) is 265 cm³/mol. The van der Waals surface area contributed by atoms with Crippen LogP contribution in [0.4, 0.5) is 23.0 Å². The molecule has 4 unspecified atom stereocenters. The Hall–Kier alpha value is -6.84. The fraction of sp³-hybridized carbons (Fsp3) is 0.357. The van der Waals surface area contributed by atoms with Crippen LogP contribution in [-0.2, 0) is 32.0 Å². The average Bonchev–Trinajstić information content (AvgIpc) is 4.05. The van der Waals surface area contributed by atoms with Crippen molar-refractivity contribution in [1.29, 1.82) is 0 Å². The van der Waals surface area contributed by atoms with Crippen LogP contribution in [0.15, 0.2) is 84.9 Å². The molecule has 4 bridgehead atoms. The zero-order valence-corrected chi connectivity index (χ0v) is 39.9. The van der Waals surface area contributed by atoms with Crippen LogP contribution in [0.3, 0.4) is 0 Å². The molecule has 4 fully saturated rings. The quantitative estimate of drug-likeness (QED) is 0.121. The molecule has 2 amide bonds. The number of pyridine rings is 2. The third-order valence-electron chi connectivity index (χ3n) is 16.1. The summed E-state index contributed by atoms with van der Waals surface area (Å²) in [6, 6.07) is 29.0. The van der Waals surface area contributed by atoms with Gasteiger partial charge >= 0.3 is 0 Å². The third kappa shape index (κ3) is 6.90. The number of aryl methyl sites for hydroxylation is 4. The van der Waals surface area contributed by atoms with Crippen LogP contribution in [0, 0.1) is 38.5 Å². The SMILES string of the molecule is Cc1cc(N)nc(C)c1CNC(=O)c1ccc2c(c1)C1OC2c2cc(N3CC4(COC4)C3)ccc21.Cc1cc(N)nc(C)c1CNC(=O)c1ccc2c(c1)C1OC2c2ccc(N3CC4(COC4)C3)cc21. The van der Waals surface area contributed by atoms with Crippen LogP contribution in [-0.4, -0.2) is 74.4 Å². The summed E-state index contributed by atoms with van der Waals surface area (Å²) in [5.74, 6) is 0.790. The van der Waals surface area contributed by atoms with Gasteiger partial charge in [-0.2, -0.15) is 0 Å². The molecule has 2 spiro atoms. The molecule has 8 aliphatic rings. The molecule has 6 aromatic rings. The zero-order valence-electron chi connectivity index (χ0n) is 39.9. The van der Waals surface area contributed by atoms with E-state index in [4.69, 9.17) is 30.4 Å². The molecule has 10 heterocycles. The molecule has 0 saturated carbocycles. The molecule has 14 rings (SSSR count). The standard InChI is InChI=1S/2C28H28N4O3/c1-15-7-24(29)31-16(2)23(15)10-30-27(33)17-3-5-19-21(8-17)25-20-6-4-18(9-22(20)26(19)35-25)32-11-28(12-32)13-34-14-28;1-15-7-24(29)31-16(2)23(15)10-30-27(33)17-3-5-19-21(8-17)26-22-9-18(4-6-20(22)25(19)35-26)32-11-28(12-32)13-34-14-28/h2*3-9,25-26H,10-14H2,1-2H3,(H2,29,31)(H,30,33). The lowest BCUT2D eigenvalue weighted by Crippen LogP contribution is -2.66. The summed E-state index contributed by atoms with van der Waals surface area (Å²) in [6.07, 6.45) is -0.341. The fourth-order valence-electron chi connectivity index (χ4n) is 12.2. The van der Waals surface area contributed by atoms with E-state index in [2.05, 4.69) is 72.9 Å². The van der Waals surface area contributed by atoms with E-state index < -0.39 is 0 Å². The van der Waals surface area contributed by atoms with Gasteiger partial charge in [-0.3, -0.25) is 9.59 Å². The molecule has 2 aromatic heterocycles. The van der Waals surface area contributed by atoms with Gasteiger partial charge in [0.05, 0.1) is 37.3 Å². The van der Waals surface area contributed by atoms with Gasteiger partial charge in [-0.05, 0) is 155 Å². The maximum atomic E-state index is 13.0. The highest BCUT2D eigenvalue weighted by molar-refractivity contribution is 5.95. The van der Waals surface area contributed by atoms with E-state index in [1.807, 2.05) is 70.2 Å². The number of carbonyl (C=O) groups excluding carboxylic acids is 2. The van der Waals surface area contributed by atoms with Gasteiger partial charge in [-0.15, -0.1) is 0 Å². The first-order chi connectivity index (χ1) is 33.8. The van der Waals surface area contributed by atoms with Gasteiger partial charge in [0.15, 0.2) is 0 Å². The monoisotopic (exact) mass is 936 g/mol. The van der Waals surface area contributed by atoms with E-state index in [1.165, 1.54) is 33.6 Å². The van der Waals surface area contributed by atoms with Crippen LogP contribution in [0.5, 0.6) is 0 Å². The zero-order chi connectivity index (χ0) is 47.8. The highest BCUT2D eigenvalue weighted by Crippen LogP contribution is 2.57. The summed E-state index contributed by atoms with van der Waals surface area (Å²) < 4.78 is 23.6. The van der Waals surface area contributed by atoms with Crippen LogP contribution < -0.4 is 31.9 Å². The van der Waals surface area contributed by atoms with Crippen molar-refractivity contribution in [3.05, 3.63) is 174 Å². The summed E-state index contributed by atoms with van der Waals surface area (Å²) in [7, 11) is 0. The number of benzene rings is 4. The number of hydrogen-bond donors (Lipinski definition) is 4. The van der Waals surface area contributed by atoms with Crippen LogP contribution in [0.2, 0.25) is 0 Å². The van der Waals surface area contributed by atoms with E-state index in [1.54, 1.807) is 0 Å². The lowest BCUT2D eigenvalue weighted by Gasteiger charge is -2.56. The number of carbonyl (C=O) groups is 2. The number of amides is 2. The van der Waals surface area contributed by atoms with Gasteiger partial charge in [-0.1, -0.05) is 24.3 Å². The predicted octanol–water partition coefficient (Wildman–Crippen LogP) is 7.14. The lowest BCUT2D eigenvalue weighted by molar-refractivity contribution is -0.127. The Bertz CT molecular complexity index is 3160. The molecule has 4 saturated heterocycles. The molecule has 6 N–H and O–H groups in total. The second-order valence-corrected chi connectivity index (χ2v) is 21.0. The van der Waals surface area contributed by atoms with Gasteiger partial charge in [0.1, 0.15) is 36.1 Å². The van der Waals surface area contributed by atoms with Crippen molar-refractivity contribution >= 4 is 34.8 Å². The van der Waals surface area contributed by atoms with Crippen molar-refractivity contribution in [2.75, 3.05) is 73.9 Å². The van der Waals surface area contributed by atoms with Crippen LogP contribution >= 0.6 is 0 Å². The molecule has 14 nitrogen and oxygen atoms in total. The topological polar surface area (TPSA) is 179 Å². The number of hydrogen-bond acceptors (Lipinski definition) is 12. The number of rotatable bonds is 8. The summed E-state index contributed by atoms with van der Waals surface area (Å²) >= 11 is 0. The molecule has 8 aliphatic heterocycles. The normalized spacial score (nSPS) is 22.4. The second-order valence-electron chi connectivity index (χ2n) is 21.0. The number of nitrogens with two attached hydrogens (primary N) is 2. The maximum absolute atomic E-state index is 13.0. The van der Waals surface area contributed by atoms with Gasteiger partial charge in [-0.25, -0.2) is 9.97 Å². The summed E-state index contributed by atoms with van der Waals surface area (Å²) in [5, 5.41) is 6.10. The first-order valence-corrected chi connectivity index (χ1v) is 24.3. The Morgan fingerprint density at radius 2 is 0.886 bits per heavy atom. The van der Waals surface area contributed by atoms with Crippen molar-refractivity contribution in [2.24, 2.45) is 10.8 Å². The molecule has 0 radical (unpaired) electrons.